The minimum Gasteiger partial charge on any atom is -0.358 e. The zero-order chi connectivity index (χ0) is 25.6. The summed E-state index contributed by atoms with van der Waals surface area (Å²) in [5.74, 6) is -1.36. The highest BCUT2D eigenvalue weighted by Crippen LogP contribution is 2.28. The Bertz CT molecular complexity index is 1330. The summed E-state index contributed by atoms with van der Waals surface area (Å²) in [6.07, 6.45) is 0.918. The van der Waals surface area contributed by atoms with Crippen molar-refractivity contribution < 1.29 is 18.8 Å². The quantitative estimate of drug-likeness (QED) is 0.436. The molecule has 2 saturated heterocycles. The molecule has 1 N–H and O–H groups in total. The number of hydrogen-bond donors (Lipinski definition) is 1. The van der Waals surface area contributed by atoms with Crippen LogP contribution in [0.4, 0.5) is 4.39 Å². The van der Waals surface area contributed by atoms with E-state index in [4.69, 9.17) is 0 Å². The predicted octanol–water partition coefficient (Wildman–Crippen LogP) is 3.77. The molecule has 0 spiro atoms. The van der Waals surface area contributed by atoms with Gasteiger partial charge in [0.1, 0.15) is 5.82 Å². The van der Waals surface area contributed by atoms with Crippen LogP contribution in [-0.4, -0.2) is 75.5 Å². The van der Waals surface area contributed by atoms with Gasteiger partial charge in [-0.05, 0) is 63.1 Å². The van der Waals surface area contributed by atoms with Gasteiger partial charge < -0.3 is 14.8 Å². The predicted molar refractivity (Wildman–Crippen MR) is 135 cm³/mol. The lowest BCUT2D eigenvalue weighted by Crippen LogP contribution is -2.57. The third-order valence-corrected chi connectivity index (χ3v) is 7.47. The number of carbonyl (C=O) groups excluding carboxylic acids is 3. The van der Waals surface area contributed by atoms with E-state index in [0.29, 0.717) is 49.2 Å². The van der Waals surface area contributed by atoms with Crippen LogP contribution in [0.25, 0.3) is 10.9 Å². The highest BCUT2D eigenvalue weighted by molar-refractivity contribution is 6.43. The summed E-state index contributed by atoms with van der Waals surface area (Å²) in [5.41, 5.74) is 3.38. The Balaban J connectivity index is 1.37. The number of aromatic amines is 1. The molecule has 0 bridgehead atoms. The normalized spacial score (nSPS) is 20.4. The largest absolute Gasteiger partial charge is 0.358 e. The molecular weight excluding hydrogens is 459 g/mol. The van der Waals surface area contributed by atoms with E-state index in [2.05, 4.69) is 16.8 Å². The van der Waals surface area contributed by atoms with Crippen molar-refractivity contribution in [1.29, 1.82) is 0 Å². The number of rotatable bonds is 5. The first-order valence-electron chi connectivity index (χ1n) is 12.5. The molecule has 2 fully saturated rings. The molecule has 3 aromatic rings. The molecule has 0 radical (unpaired) electrons. The molecule has 5 rings (SSSR count). The Kier molecular flexibility index (Phi) is 6.38. The number of benzene rings is 2. The maximum absolute atomic E-state index is 13.8. The number of Topliss-reactive ketones (excluding diaryl/α,β-unsaturated/α-hetero) is 1. The summed E-state index contributed by atoms with van der Waals surface area (Å²) in [5, 5.41) is 0.661. The van der Waals surface area contributed by atoms with Gasteiger partial charge in [-0.2, -0.15) is 0 Å². The summed E-state index contributed by atoms with van der Waals surface area (Å²) < 4.78 is 13.3. The number of H-pyrrole nitrogens is 1. The molecule has 36 heavy (non-hydrogen) atoms. The monoisotopic (exact) mass is 490 g/mol. The molecule has 7 nitrogen and oxygen atoms in total. The lowest BCUT2D eigenvalue weighted by molar-refractivity contribution is -0.129. The summed E-state index contributed by atoms with van der Waals surface area (Å²) in [7, 11) is 0. The number of hydrogen-bond acceptors (Lipinski definition) is 4. The van der Waals surface area contributed by atoms with E-state index in [1.165, 1.54) is 12.1 Å². The highest BCUT2D eigenvalue weighted by Gasteiger charge is 2.34. The second-order valence-corrected chi connectivity index (χ2v) is 10.1. The van der Waals surface area contributed by atoms with Crippen molar-refractivity contribution >= 4 is 28.5 Å². The van der Waals surface area contributed by atoms with Crippen molar-refractivity contribution in [3.63, 3.8) is 0 Å². The van der Waals surface area contributed by atoms with Gasteiger partial charge in [0.2, 0.25) is 5.78 Å². The average molecular weight is 491 g/mol. The van der Waals surface area contributed by atoms with Gasteiger partial charge in [-0.15, -0.1) is 0 Å². The molecule has 8 heteroatoms. The SMILES string of the molecule is Cc1[nH]c2ccc(C(=O)C(=O)N3CCC3)cc2c1C(=O)N1CC(C)N(Cc2ccc(F)cc2)CC1C. The fourth-order valence-corrected chi connectivity index (χ4v) is 5.20. The number of amides is 2. The van der Waals surface area contributed by atoms with Crippen LogP contribution in [0.5, 0.6) is 0 Å². The van der Waals surface area contributed by atoms with Crippen LogP contribution >= 0.6 is 0 Å². The van der Waals surface area contributed by atoms with Crippen LogP contribution in [0.1, 0.15) is 52.2 Å². The number of piperazine rings is 1. The third-order valence-electron chi connectivity index (χ3n) is 7.47. The number of ketones is 1. The fraction of sp³-hybridized carbons (Fsp3) is 0.393. The van der Waals surface area contributed by atoms with Gasteiger partial charge in [0.15, 0.2) is 0 Å². The molecule has 2 aliphatic rings. The van der Waals surface area contributed by atoms with Crippen molar-refractivity contribution in [2.45, 2.75) is 45.8 Å². The van der Waals surface area contributed by atoms with Crippen LogP contribution in [0.3, 0.4) is 0 Å². The lowest BCUT2D eigenvalue weighted by atomic mass is 10.0. The molecule has 0 aliphatic carbocycles. The summed E-state index contributed by atoms with van der Waals surface area (Å²) in [6.45, 7) is 9.16. The van der Waals surface area contributed by atoms with E-state index in [1.54, 1.807) is 35.2 Å². The minimum absolute atomic E-state index is 0.0312. The number of nitrogens with one attached hydrogen (secondary N) is 1. The lowest BCUT2D eigenvalue weighted by Gasteiger charge is -2.44. The second kappa shape index (κ2) is 9.50. The van der Waals surface area contributed by atoms with Gasteiger partial charge in [0, 0.05) is 67.0 Å². The van der Waals surface area contributed by atoms with Gasteiger partial charge in [-0.3, -0.25) is 19.3 Å². The van der Waals surface area contributed by atoms with Crippen LogP contribution in [-0.2, 0) is 11.3 Å². The Morgan fingerprint density at radius 3 is 2.39 bits per heavy atom. The Morgan fingerprint density at radius 1 is 1.00 bits per heavy atom. The second-order valence-electron chi connectivity index (χ2n) is 10.1. The Labute approximate surface area is 209 Å². The van der Waals surface area contributed by atoms with E-state index in [1.807, 2.05) is 18.7 Å². The molecular formula is C28H31FN4O3. The van der Waals surface area contributed by atoms with Crippen LogP contribution in [0.15, 0.2) is 42.5 Å². The molecule has 0 saturated carbocycles. The molecule has 2 atom stereocenters. The van der Waals surface area contributed by atoms with Crippen molar-refractivity contribution in [1.82, 2.24) is 19.7 Å². The summed E-state index contributed by atoms with van der Waals surface area (Å²) in [6, 6.07) is 11.7. The van der Waals surface area contributed by atoms with E-state index in [9.17, 15) is 18.8 Å². The topological polar surface area (TPSA) is 76.7 Å². The molecule has 2 aliphatic heterocycles. The van der Waals surface area contributed by atoms with Crippen LogP contribution in [0, 0.1) is 12.7 Å². The van der Waals surface area contributed by atoms with Gasteiger partial charge in [0.25, 0.3) is 11.8 Å². The van der Waals surface area contributed by atoms with Crippen LogP contribution in [0.2, 0.25) is 0 Å². The molecule has 188 valence electrons. The summed E-state index contributed by atoms with van der Waals surface area (Å²) in [4.78, 5) is 48.1. The number of aromatic nitrogens is 1. The third kappa shape index (κ3) is 4.41. The molecule has 2 aromatic carbocycles. The van der Waals surface area contributed by atoms with E-state index >= 15 is 0 Å². The number of fused-ring (bicyclic) bond motifs is 1. The maximum atomic E-state index is 13.8. The van der Waals surface area contributed by atoms with E-state index in [-0.39, 0.29) is 23.8 Å². The first kappa shape index (κ1) is 24.2. The Hall–Kier alpha value is -3.52. The number of nitrogens with zero attached hydrogens (tertiary/aromatic N) is 3. The highest BCUT2D eigenvalue weighted by atomic mass is 19.1. The van der Waals surface area contributed by atoms with Crippen LogP contribution < -0.4 is 0 Å². The van der Waals surface area contributed by atoms with Gasteiger partial charge in [0.05, 0.1) is 5.56 Å². The number of carbonyl (C=O) groups is 3. The Morgan fingerprint density at radius 2 is 1.72 bits per heavy atom. The van der Waals surface area contributed by atoms with Crippen molar-refractivity contribution in [2.24, 2.45) is 0 Å². The van der Waals surface area contributed by atoms with Gasteiger partial charge in [-0.25, -0.2) is 4.39 Å². The molecule has 2 unspecified atom stereocenters. The van der Waals surface area contributed by atoms with Crippen molar-refractivity contribution in [2.75, 3.05) is 26.2 Å². The molecule has 1 aromatic heterocycles. The summed E-state index contributed by atoms with van der Waals surface area (Å²) >= 11 is 0. The van der Waals surface area contributed by atoms with Crippen molar-refractivity contribution in [3.05, 3.63) is 70.7 Å². The smallest absolute Gasteiger partial charge is 0.294 e. The number of halogens is 1. The maximum Gasteiger partial charge on any atom is 0.294 e. The standard InChI is InChI=1S/C28H31FN4O3/c1-17-15-33(18(2)14-32(17)16-20-5-8-22(29)9-6-20)27(35)25-19(3)30-24-10-7-21(13-23(24)25)26(34)28(36)31-11-4-12-31/h5-10,13,17-18,30H,4,11-12,14-16H2,1-3H3. The van der Waals surface area contributed by atoms with Gasteiger partial charge >= 0.3 is 0 Å². The van der Waals surface area contributed by atoms with E-state index in [0.717, 1.165) is 23.2 Å². The molecule has 3 heterocycles. The molecule has 2 amide bonds. The number of likely N-dealkylation sites (tertiary alicyclic amines) is 1. The van der Waals surface area contributed by atoms with Crippen molar-refractivity contribution in [3.8, 4) is 0 Å². The zero-order valence-electron chi connectivity index (χ0n) is 20.9. The number of aryl methyl sites for hydroxylation is 1. The first-order chi connectivity index (χ1) is 17.2. The fourth-order valence-electron chi connectivity index (χ4n) is 5.20. The van der Waals surface area contributed by atoms with E-state index < -0.39 is 11.7 Å². The average Bonchev–Trinajstić information content (AvgIpc) is 3.15. The zero-order valence-corrected chi connectivity index (χ0v) is 20.9. The van der Waals surface area contributed by atoms with Gasteiger partial charge in [-0.1, -0.05) is 12.1 Å². The first-order valence-corrected chi connectivity index (χ1v) is 12.5. The minimum atomic E-state index is -0.537.